The van der Waals surface area contributed by atoms with Gasteiger partial charge in [0.1, 0.15) is 0 Å². The fraction of sp³-hybridized carbons (Fsp3) is 0.500. The summed E-state index contributed by atoms with van der Waals surface area (Å²) in [4.78, 5) is 15.4. The second kappa shape index (κ2) is 5.14. The molecular weight excluding hydrogens is 266 g/mol. The van der Waals surface area contributed by atoms with Gasteiger partial charge in [0, 0.05) is 10.9 Å². The van der Waals surface area contributed by atoms with Gasteiger partial charge in [-0.3, -0.25) is 4.79 Å². The van der Waals surface area contributed by atoms with Crippen LogP contribution in [-0.2, 0) is 4.79 Å². The van der Waals surface area contributed by atoms with E-state index in [0.717, 1.165) is 23.4 Å². The number of carbonyl (C=O) groups is 1. The fourth-order valence-electron chi connectivity index (χ4n) is 2.90. The van der Waals surface area contributed by atoms with E-state index in [1.807, 2.05) is 17.0 Å². The van der Waals surface area contributed by atoms with Gasteiger partial charge in [-0.05, 0) is 25.0 Å². The SMILES string of the molecule is O=C1CSc2cccc(Cl)c2N1C1CCCCC1. The van der Waals surface area contributed by atoms with E-state index >= 15 is 0 Å². The van der Waals surface area contributed by atoms with Crippen LogP contribution in [0.3, 0.4) is 0 Å². The van der Waals surface area contributed by atoms with E-state index in [9.17, 15) is 4.79 Å². The van der Waals surface area contributed by atoms with Gasteiger partial charge in [-0.2, -0.15) is 0 Å². The van der Waals surface area contributed by atoms with Gasteiger partial charge in [0.05, 0.1) is 16.5 Å². The Bertz CT molecular complexity index is 471. The second-order valence-corrected chi connectivity index (χ2v) is 6.36. The van der Waals surface area contributed by atoms with Gasteiger partial charge in [-0.1, -0.05) is 36.9 Å². The van der Waals surface area contributed by atoms with Crippen LogP contribution in [0.5, 0.6) is 0 Å². The number of amides is 1. The maximum Gasteiger partial charge on any atom is 0.237 e. The Morgan fingerprint density at radius 1 is 1.22 bits per heavy atom. The highest BCUT2D eigenvalue weighted by molar-refractivity contribution is 8.00. The van der Waals surface area contributed by atoms with Crippen LogP contribution in [0, 0.1) is 0 Å². The molecule has 0 saturated heterocycles. The molecule has 3 rings (SSSR count). The van der Waals surface area contributed by atoms with Crippen molar-refractivity contribution in [1.82, 2.24) is 0 Å². The maximum atomic E-state index is 12.3. The van der Waals surface area contributed by atoms with Crippen molar-refractivity contribution in [2.45, 2.75) is 43.0 Å². The predicted octanol–water partition coefficient (Wildman–Crippen LogP) is 4.11. The van der Waals surface area contributed by atoms with E-state index in [-0.39, 0.29) is 5.91 Å². The normalized spacial score (nSPS) is 20.9. The van der Waals surface area contributed by atoms with Crippen LogP contribution in [0.15, 0.2) is 23.1 Å². The largest absolute Gasteiger partial charge is 0.306 e. The van der Waals surface area contributed by atoms with Gasteiger partial charge in [-0.25, -0.2) is 0 Å². The van der Waals surface area contributed by atoms with Crippen LogP contribution in [0.4, 0.5) is 5.69 Å². The van der Waals surface area contributed by atoms with Crippen molar-refractivity contribution in [3.8, 4) is 0 Å². The van der Waals surface area contributed by atoms with E-state index in [4.69, 9.17) is 11.6 Å². The summed E-state index contributed by atoms with van der Waals surface area (Å²) in [5.41, 5.74) is 0.951. The van der Waals surface area contributed by atoms with Crippen molar-refractivity contribution >= 4 is 35.0 Å². The summed E-state index contributed by atoms with van der Waals surface area (Å²) in [7, 11) is 0. The lowest BCUT2D eigenvalue weighted by molar-refractivity contribution is -0.116. The van der Waals surface area contributed by atoms with Crippen LogP contribution < -0.4 is 4.90 Å². The van der Waals surface area contributed by atoms with Gasteiger partial charge in [0.15, 0.2) is 0 Å². The van der Waals surface area contributed by atoms with Gasteiger partial charge >= 0.3 is 0 Å². The molecule has 2 aliphatic rings. The lowest BCUT2D eigenvalue weighted by Gasteiger charge is -2.38. The Kier molecular flexibility index (Phi) is 3.53. The molecule has 0 atom stereocenters. The summed E-state index contributed by atoms with van der Waals surface area (Å²) in [5, 5.41) is 0.707. The number of nitrogens with zero attached hydrogens (tertiary/aromatic N) is 1. The summed E-state index contributed by atoms with van der Waals surface area (Å²) in [5.74, 6) is 0.761. The Hall–Kier alpha value is -0.670. The molecule has 1 aromatic rings. The molecule has 0 unspecified atom stereocenters. The number of carbonyl (C=O) groups excluding carboxylic acids is 1. The zero-order valence-electron chi connectivity index (χ0n) is 10.2. The Labute approximate surface area is 117 Å². The van der Waals surface area contributed by atoms with Crippen molar-refractivity contribution < 1.29 is 4.79 Å². The first-order valence-corrected chi connectivity index (χ1v) is 7.87. The molecule has 2 nitrogen and oxygen atoms in total. The molecule has 1 aliphatic carbocycles. The zero-order chi connectivity index (χ0) is 12.5. The van der Waals surface area contributed by atoms with Crippen LogP contribution >= 0.6 is 23.4 Å². The van der Waals surface area contributed by atoms with Gasteiger partial charge in [0.25, 0.3) is 0 Å². The van der Waals surface area contributed by atoms with Crippen LogP contribution in [0.1, 0.15) is 32.1 Å². The molecule has 1 fully saturated rings. The number of para-hydroxylation sites is 1. The standard InChI is InChI=1S/C14H16ClNOS/c15-11-7-4-8-12-14(11)16(13(17)9-18-12)10-5-2-1-3-6-10/h4,7-8,10H,1-3,5-6,9H2. The molecule has 1 aromatic carbocycles. The number of fused-ring (bicyclic) bond motifs is 1. The minimum absolute atomic E-state index is 0.215. The number of hydrogen-bond acceptors (Lipinski definition) is 2. The summed E-state index contributed by atoms with van der Waals surface area (Å²) in [6, 6.07) is 6.26. The van der Waals surface area contributed by atoms with Gasteiger partial charge in [0.2, 0.25) is 5.91 Å². The quantitative estimate of drug-likeness (QED) is 0.772. The third kappa shape index (κ3) is 2.14. The Morgan fingerprint density at radius 3 is 2.78 bits per heavy atom. The number of rotatable bonds is 1. The number of thioether (sulfide) groups is 1. The molecular formula is C14H16ClNOS. The molecule has 18 heavy (non-hydrogen) atoms. The maximum absolute atomic E-state index is 12.3. The minimum Gasteiger partial charge on any atom is -0.306 e. The number of hydrogen-bond donors (Lipinski definition) is 0. The average Bonchev–Trinajstić information content (AvgIpc) is 2.40. The summed E-state index contributed by atoms with van der Waals surface area (Å²) >= 11 is 7.92. The Morgan fingerprint density at radius 2 is 2.00 bits per heavy atom. The summed E-state index contributed by atoms with van der Waals surface area (Å²) in [6.45, 7) is 0. The lowest BCUT2D eigenvalue weighted by atomic mass is 9.93. The molecule has 1 aliphatic heterocycles. The molecule has 0 spiro atoms. The van der Waals surface area contributed by atoms with E-state index in [1.165, 1.54) is 19.3 Å². The molecule has 0 bridgehead atoms. The van der Waals surface area contributed by atoms with Crippen molar-refractivity contribution in [2.75, 3.05) is 10.7 Å². The molecule has 1 heterocycles. The lowest BCUT2D eigenvalue weighted by Crippen LogP contribution is -2.44. The first-order chi connectivity index (χ1) is 8.77. The molecule has 1 saturated carbocycles. The average molecular weight is 282 g/mol. The van der Waals surface area contributed by atoms with E-state index in [0.29, 0.717) is 16.8 Å². The monoisotopic (exact) mass is 281 g/mol. The first kappa shape index (κ1) is 12.4. The fourth-order valence-corrected chi connectivity index (χ4v) is 4.16. The third-order valence-electron chi connectivity index (χ3n) is 3.75. The van der Waals surface area contributed by atoms with Crippen molar-refractivity contribution in [3.05, 3.63) is 23.2 Å². The van der Waals surface area contributed by atoms with Crippen LogP contribution in [0.2, 0.25) is 5.02 Å². The minimum atomic E-state index is 0.215. The zero-order valence-corrected chi connectivity index (χ0v) is 11.8. The third-order valence-corrected chi connectivity index (χ3v) is 5.09. The Balaban J connectivity index is 2.00. The van der Waals surface area contributed by atoms with E-state index in [2.05, 4.69) is 6.07 Å². The number of anilines is 1. The van der Waals surface area contributed by atoms with Gasteiger partial charge < -0.3 is 4.90 Å². The van der Waals surface area contributed by atoms with E-state index in [1.54, 1.807) is 11.8 Å². The molecule has 0 radical (unpaired) electrons. The number of halogens is 1. The molecule has 96 valence electrons. The summed E-state index contributed by atoms with van der Waals surface area (Å²) in [6.07, 6.45) is 5.97. The predicted molar refractivity (Wildman–Crippen MR) is 76.5 cm³/mol. The summed E-state index contributed by atoms with van der Waals surface area (Å²) < 4.78 is 0. The number of benzene rings is 1. The first-order valence-electron chi connectivity index (χ1n) is 6.51. The molecule has 0 N–H and O–H groups in total. The van der Waals surface area contributed by atoms with Gasteiger partial charge in [-0.15, -0.1) is 11.8 Å². The van der Waals surface area contributed by atoms with E-state index < -0.39 is 0 Å². The topological polar surface area (TPSA) is 20.3 Å². The highest BCUT2D eigenvalue weighted by Crippen LogP contribution is 2.43. The highest BCUT2D eigenvalue weighted by Gasteiger charge is 2.33. The second-order valence-electron chi connectivity index (χ2n) is 4.93. The van der Waals surface area contributed by atoms with Crippen molar-refractivity contribution in [3.63, 3.8) is 0 Å². The highest BCUT2D eigenvalue weighted by atomic mass is 35.5. The molecule has 0 aromatic heterocycles. The molecule has 4 heteroatoms. The smallest absolute Gasteiger partial charge is 0.237 e. The van der Waals surface area contributed by atoms with Crippen molar-refractivity contribution in [2.24, 2.45) is 0 Å². The van der Waals surface area contributed by atoms with Crippen LogP contribution in [0.25, 0.3) is 0 Å². The molecule has 1 amide bonds. The van der Waals surface area contributed by atoms with Crippen LogP contribution in [-0.4, -0.2) is 17.7 Å². The van der Waals surface area contributed by atoms with Crippen molar-refractivity contribution in [1.29, 1.82) is 0 Å².